The molecule has 124 valence electrons. The molecule has 1 nitrogen and oxygen atoms in total. The maximum atomic E-state index is 2.34. The van der Waals surface area contributed by atoms with Crippen molar-refractivity contribution < 1.29 is 21.6 Å². The summed E-state index contributed by atoms with van der Waals surface area (Å²) < 4.78 is 1.20. The molecule has 20 heavy (non-hydrogen) atoms. The Bertz CT molecular complexity index is 174. The summed E-state index contributed by atoms with van der Waals surface area (Å²) in [6.45, 7) is 4.93. The average molecular weight is 326 g/mol. The third-order valence-corrected chi connectivity index (χ3v) is 4.72. The molecule has 0 saturated heterocycles. The van der Waals surface area contributed by atoms with Crippen LogP contribution in [0.25, 0.3) is 0 Å². The number of hydrogen-bond donors (Lipinski definition) is 0. The van der Waals surface area contributed by atoms with Gasteiger partial charge in [-0.05, 0) is 19.3 Å². The molecular weight excluding hydrogens is 286 g/mol. The van der Waals surface area contributed by atoms with Crippen molar-refractivity contribution in [2.75, 3.05) is 27.2 Å². The topological polar surface area (TPSA) is 0 Å². The van der Waals surface area contributed by atoms with Gasteiger partial charge >= 0.3 is 17.1 Å². The molecule has 0 spiro atoms. The van der Waals surface area contributed by atoms with E-state index in [0.29, 0.717) is 0 Å². The minimum atomic E-state index is 0. The number of rotatable bonds is 4. The van der Waals surface area contributed by atoms with Gasteiger partial charge in [0, 0.05) is 0 Å². The molecule has 2 fully saturated rings. The monoisotopic (exact) mass is 326 g/mol. The molecule has 0 aromatic rings. The number of quaternary nitrogens is 1. The predicted octanol–water partition coefficient (Wildman–Crippen LogP) is 5.51. The van der Waals surface area contributed by atoms with Crippen molar-refractivity contribution in [2.24, 2.45) is 5.92 Å². The molecule has 2 rings (SSSR count). The Morgan fingerprint density at radius 2 is 1.20 bits per heavy atom. The van der Waals surface area contributed by atoms with E-state index in [9.17, 15) is 0 Å². The maximum Gasteiger partial charge on any atom is 2.00 e. The van der Waals surface area contributed by atoms with Crippen LogP contribution in [0.4, 0.5) is 0 Å². The Morgan fingerprint density at radius 3 is 1.55 bits per heavy atom. The van der Waals surface area contributed by atoms with Crippen molar-refractivity contribution in [2.45, 2.75) is 71.1 Å². The van der Waals surface area contributed by atoms with Gasteiger partial charge in [0.2, 0.25) is 0 Å². The normalized spacial score (nSPS) is 18.1. The zero-order valence-corrected chi connectivity index (χ0v) is 16.0. The molecular formula is C18H40FeN+. The van der Waals surface area contributed by atoms with Crippen LogP contribution < -0.4 is 0 Å². The fourth-order valence-corrected chi connectivity index (χ4v) is 2.87. The van der Waals surface area contributed by atoms with Gasteiger partial charge in [0.15, 0.2) is 0 Å². The van der Waals surface area contributed by atoms with Gasteiger partial charge in [-0.3, -0.25) is 0 Å². The van der Waals surface area contributed by atoms with Crippen molar-refractivity contribution in [1.82, 2.24) is 0 Å². The third kappa shape index (κ3) is 12.2. The summed E-state index contributed by atoms with van der Waals surface area (Å²) in [5, 5.41) is 0. The van der Waals surface area contributed by atoms with Gasteiger partial charge in [-0.15, -0.1) is 0 Å². The summed E-state index contributed by atoms with van der Waals surface area (Å²) in [6, 6.07) is 0. The van der Waals surface area contributed by atoms with Crippen LogP contribution in [0.15, 0.2) is 0 Å². The first-order valence-corrected chi connectivity index (χ1v) is 7.96. The third-order valence-electron chi connectivity index (χ3n) is 4.72. The minimum Gasteiger partial charge on any atom is -0.358 e. The van der Waals surface area contributed by atoms with Gasteiger partial charge in [-0.1, -0.05) is 57.8 Å². The van der Waals surface area contributed by atoms with Crippen LogP contribution >= 0.6 is 0 Å². The smallest absolute Gasteiger partial charge is 0.358 e. The quantitative estimate of drug-likeness (QED) is 0.363. The summed E-state index contributed by atoms with van der Waals surface area (Å²) >= 11 is 0. The molecule has 0 radical (unpaired) electrons. The van der Waals surface area contributed by atoms with Crippen molar-refractivity contribution >= 4 is 0 Å². The number of hydrogen-bond acceptors (Lipinski definition) is 0. The molecule has 2 heteroatoms. The zero-order valence-electron chi connectivity index (χ0n) is 14.9. The SMILES string of the molecule is C1CCCC1.CC[N+](C)(C)CCC1CCCC1.[CH3-].[CH3-].[Fe+2]. The van der Waals surface area contributed by atoms with Gasteiger partial charge < -0.3 is 19.3 Å². The minimum absolute atomic E-state index is 0. The van der Waals surface area contributed by atoms with Crippen LogP contribution in [0.1, 0.15) is 71.1 Å². The van der Waals surface area contributed by atoms with E-state index >= 15 is 0 Å². The van der Waals surface area contributed by atoms with Gasteiger partial charge in [0.1, 0.15) is 0 Å². The fraction of sp³-hybridized carbons (Fsp3) is 0.889. The van der Waals surface area contributed by atoms with E-state index in [1.807, 2.05) is 0 Å². The van der Waals surface area contributed by atoms with E-state index in [0.717, 1.165) is 5.92 Å². The molecule has 2 aliphatic carbocycles. The molecule has 0 heterocycles. The van der Waals surface area contributed by atoms with Crippen LogP contribution in [0.3, 0.4) is 0 Å². The molecule has 0 atom stereocenters. The van der Waals surface area contributed by atoms with Crippen molar-refractivity contribution in [3.05, 3.63) is 14.9 Å². The Kier molecular flexibility index (Phi) is 18.3. The van der Waals surface area contributed by atoms with E-state index in [1.165, 1.54) is 81.8 Å². The second kappa shape index (κ2) is 14.4. The first-order chi connectivity index (χ1) is 8.14. The van der Waals surface area contributed by atoms with E-state index in [4.69, 9.17) is 0 Å². The van der Waals surface area contributed by atoms with Gasteiger partial charge in [0.05, 0.1) is 27.2 Å². The number of nitrogens with zero attached hydrogens (tertiary/aromatic N) is 1. The fourth-order valence-electron chi connectivity index (χ4n) is 2.87. The summed E-state index contributed by atoms with van der Waals surface area (Å²) in [5.74, 6) is 1.06. The largest absolute Gasteiger partial charge is 2.00 e. The van der Waals surface area contributed by atoms with Gasteiger partial charge in [-0.25, -0.2) is 0 Å². The molecule has 0 aromatic heterocycles. The molecule has 2 saturated carbocycles. The van der Waals surface area contributed by atoms with Crippen LogP contribution in [-0.4, -0.2) is 31.7 Å². The van der Waals surface area contributed by atoms with E-state index in [-0.39, 0.29) is 31.9 Å². The molecule has 0 amide bonds. The molecule has 2 aliphatic rings. The Balaban J connectivity index is -0.000000312. The predicted molar refractivity (Wildman–Crippen MR) is 90.0 cm³/mol. The van der Waals surface area contributed by atoms with E-state index in [2.05, 4.69) is 21.0 Å². The van der Waals surface area contributed by atoms with Gasteiger partial charge in [-0.2, -0.15) is 0 Å². The Morgan fingerprint density at radius 1 is 0.800 bits per heavy atom. The van der Waals surface area contributed by atoms with Crippen LogP contribution in [0.2, 0.25) is 0 Å². The van der Waals surface area contributed by atoms with Crippen LogP contribution in [0, 0.1) is 20.8 Å². The summed E-state index contributed by atoms with van der Waals surface area (Å²) in [5.41, 5.74) is 0. The van der Waals surface area contributed by atoms with Gasteiger partial charge in [0.25, 0.3) is 0 Å². The second-order valence-electron chi connectivity index (χ2n) is 6.68. The standard InChI is InChI=1S/C11H24N.C5H10.2CH3.Fe/c1-4-12(2,3)10-9-11-7-5-6-8-11;1-2-4-5-3-1;;;/h11H,4-10H2,1-3H3;1-5H2;2*1H3;/q+1;;2*-1;+2. The van der Waals surface area contributed by atoms with Crippen LogP contribution in [-0.2, 0) is 17.1 Å². The first kappa shape index (κ1) is 25.4. The molecule has 0 unspecified atom stereocenters. The van der Waals surface area contributed by atoms with E-state index < -0.39 is 0 Å². The van der Waals surface area contributed by atoms with Crippen molar-refractivity contribution in [3.8, 4) is 0 Å². The van der Waals surface area contributed by atoms with Crippen molar-refractivity contribution in [3.63, 3.8) is 0 Å². The Labute approximate surface area is 141 Å². The molecule has 0 aliphatic heterocycles. The summed E-state index contributed by atoms with van der Waals surface area (Å²) in [4.78, 5) is 0. The maximum absolute atomic E-state index is 2.34. The molecule has 0 aromatic carbocycles. The zero-order chi connectivity index (χ0) is 12.6. The summed E-state index contributed by atoms with van der Waals surface area (Å²) in [6.07, 6.45) is 14.9. The molecule has 0 N–H and O–H groups in total. The van der Waals surface area contributed by atoms with E-state index in [1.54, 1.807) is 0 Å². The summed E-state index contributed by atoms with van der Waals surface area (Å²) in [7, 11) is 4.68. The molecule has 0 bridgehead atoms. The van der Waals surface area contributed by atoms with Crippen LogP contribution in [0.5, 0.6) is 0 Å². The second-order valence-corrected chi connectivity index (χ2v) is 6.68. The average Bonchev–Trinajstić information content (AvgIpc) is 3.02. The Hall–Kier alpha value is 0.479. The first-order valence-electron chi connectivity index (χ1n) is 7.96. The van der Waals surface area contributed by atoms with Crippen molar-refractivity contribution in [1.29, 1.82) is 0 Å².